The molecule has 0 atom stereocenters. The van der Waals surface area contributed by atoms with Crippen LogP contribution in [-0.2, 0) is 12.8 Å². The Kier molecular flexibility index (Phi) is 5.62. The number of piperidine rings is 1. The number of nitro benzene ring substituents is 1. The van der Waals surface area contributed by atoms with Crippen LogP contribution >= 0.6 is 0 Å². The van der Waals surface area contributed by atoms with Crippen LogP contribution in [0.15, 0.2) is 18.2 Å². The van der Waals surface area contributed by atoms with E-state index in [0.717, 1.165) is 61.5 Å². The van der Waals surface area contributed by atoms with Crippen LogP contribution in [0.3, 0.4) is 0 Å². The number of nitro groups is 1. The number of hydrogen-bond acceptors (Lipinski definition) is 5. The molecule has 0 amide bonds. The van der Waals surface area contributed by atoms with Gasteiger partial charge in [-0.1, -0.05) is 12.5 Å². The van der Waals surface area contributed by atoms with Crippen molar-refractivity contribution in [2.75, 3.05) is 31.5 Å². The van der Waals surface area contributed by atoms with Crippen LogP contribution in [0.4, 0.5) is 11.5 Å². The highest BCUT2D eigenvalue weighted by atomic mass is 16.6. The maximum Gasteiger partial charge on any atom is 0.271 e. The van der Waals surface area contributed by atoms with E-state index in [9.17, 15) is 10.1 Å². The molecule has 1 N–H and O–H groups in total. The minimum Gasteiger partial charge on any atom is -0.370 e. The monoisotopic (exact) mass is 383 g/mol. The average Bonchev–Trinajstić information content (AvgIpc) is 2.87. The van der Waals surface area contributed by atoms with Gasteiger partial charge < -0.3 is 10.2 Å². The standard InChI is InChI=1S/C21H29N5O2/c1-16-8-9-17(26(27)28)15-20(16)25-21-18(7-3-4-11-22-21)19(23-25)10-14-24-12-5-2-6-13-24/h8-9,15,22H,2-7,10-14H2,1H3. The number of nitrogens with zero attached hydrogens (tertiary/aromatic N) is 4. The number of anilines is 1. The van der Waals surface area contributed by atoms with Gasteiger partial charge in [0.2, 0.25) is 0 Å². The van der Waals surface area contributed by atoms with Crippen LogP contribution in [0, 0.1) is 17.0 Å². The minimum atomic E-state index is -0.337. The Bertz CT molecular complexity index is 855. The molecule has 1 aromatic carbocycles. The van der Waals surface area contributed by atoms with Crippen molar-refractivity contribution in [3.63, 3.8) is 0 Å². The van der Waals surface area contributed by atoms with Crippen molar-refractivity contribution in [3.05, 3.63) is 45.1 Å². The second-order valence-electron chi connectivity index (χ2n) is 7.95. The molecule has 1 fully saturated rings. The Morgan fingerprint density at radius 3 is 2.79 bits per heavy atom. The molecule has 0 saturated carbocycles. The molecule has 7 nitrogen and oxygen atoms in total. The number of fused-ring (bicyclic) bond motifs is 1. The maximum absolute atomic E-state index is 11.3. The highest BCUT2D eigenvalue weighted by Crippen LogP contribution is 2.31. The minimum absolute atomic E-state index is 0.105. The van der Waals surface area contributed by atoms with E-state index in [0.29, 0.717) is 0 Å². The molecule has 0 bridgehead atoms. The second kappa shape index (κ2) is 8.31. The summed E-state index contributed by atoms with van der Waals surface area (Å²) < 4.78 is 1.91. The Morgan fingerprint density at radius 2 is 2.00 bits per heavy atom. The van der Waals surface area contributed by atoms with Gasteiger partial charge >= 0.3 is 0 Å². The molecule has 2 aromatic rings. The number of aromatic nitrogens is 2. The van der Waals surface area contributed by atoms with Crippen LogP contribution in [0.2, 0.25) is 0 Å². The summed E-state index contributed by atoms with van der Waals surface area (Å²) in [6.07, 6.45) is 8.17. The van der Waals surface area contributed by atoms with Gasteiger partial charge in [0.25, 0.3) is 5.69 Å². The van der Waals surface area contributed by atoms with Crippen molar-refractivity contribution in [2.24, 2.45) is 0 Å². The lowest BCUT2D eigenvalue weighted by atomic mass is 10.1. The molecule has 0 unspecified atom stereocenters. The van der Waals surface area contributed by atoms with Gasteiger partial charge in [-0.2, -0.15) is 5.10 Å². The highest BCUT2D eigenvalue weighted by Gasteiger charge is 2.23. The zero-order chi connectivity index (χ0) is 19.5. The van der Waals surface area contributed by atoms with Crippen LogP contribution in [0.5, 0.6) is 0 Å². The highest BCUT2D eigenvalue weighted by molar-refractivity contribution is 5.58. The van der Waals surface area contributed by atoms with Crippen LogP contribution in [-0.4, -0.2) is 45.8 Å². The van der Waals surface area contributed by atoms with E-state index in [2.05, 4.69) is 10.2 Å². The van der Waals surface area contributed by atoms with Crippen molar-refractivity contribution in [2.45, 2.75) is 51.9 Å². The van der Waals surface area contributed by atoms with Crippen molar-refractivity contribution < 1.29 is 4.92 Å². The lowest BCUT2D eigenvalue weighted by Crippen LogP contribution is -2.31. The normalized spacial score (nSPS) is 17.6. The third kappa shape index (κ3) is 3.90. The third-order valence-electron chi connectivity index (χ3n) is 5.96. The van der Waals surface area contributed by atoms with E-state index in [1.807, 2.05) is 17.7 Å². The van der Waals surface area contributed by atoms with Gasteiger partial charge in [0.15, 0.2) is 0 Å². The van der Waals surface area contributed by atoms with E-state index in [-0.39, 0.29) is 10.6 Å². The van der Waals surface area contributed by atoms with Crippen molar-refractivity contribution in [1.29, 1.82) is 0 Å². The van der Waals surface area contributed by atoms with E-state index in [4.69, 9.17) is 5.10 Å². The Balaban J connectivity index is 1.68. The molecule has 0 aliphatic carbocycles. The summed E-state index contributed by atoms with van der Waals surface area (Å²) >= 11 is 0. The fourth-order valence-corrected chi connectivity index (χ4v) is 4.34. The first-order valence-corrected chi connectivity index (χ1v) is 10.5. The topological polar surface area (TPSA) is 76.2 Å². The molecule has 0 spiro atoms. The van der Waals surface area contributed by atoms with Gasteiger partial charge in [-0.3, -0.25) is 10.1 Å². The SMILES string of the molecule is Cc1ccc([N+](=O)[O-])cc1-n1nc(CCN2CCCCC2)c2c1NCCCC2. The smallest absolute Gasteiger partial charge is 0.271 e. The number of aryl methyl sites for hydroxylation is 1. The molecule has 28 heavy (non-hydrogen) atoms. The van der Waals surface area contributed by atoms with Crippen molar-refractivity contribution in [3.8, 4) is 5.69 Å². The molecule has 3 heterocycles. The molecule has 150 valence electrons. The zero-order valence-electron chi connectivity index (χ0n) is 16.6. The Morgan fingerprint density at radius 1 is 1.18 bits per heavy atom. The molecule has 1 aromatic heterocycles. The zero-order valence-corrected chi connectivity index (χ0v) is 16.6. The van der Waals surface area contributed by atoms with Crippen LogP contribution in [0.25, 0.3) is 5.69 Å². The quantitative estimate of drug-likeness (QED) is 0.627. The van der Waals surface area contributed by atoms with Gasteiger partial charge in [0, 0.05) is 37.2 Å². The fourth-order valence-electron chi connectivity index (χ4n) is 4.34. The summed E-state index contributed by atoms with van der Waals surface area (Å²) in [5.41, 5.74) is 4.32. The third-order valence-corrected chi connectivity index (χ3v) is 5.96. The largest absolute Gasteiger partial charge is 0.370 e. The van der Waals surface area contributed by atoms with E-state index in [1.165, 1.54) is 37.9 Å². The number of hydrogen-bond donors (Lipinski definition) is 1. The van der Waals surface area contributed by atoms with Gasteiger partial charge in [-0.25, -0.2) is 4.68 Å². The van der Waals surface area contributed by atoms with E-state index >= 15 is 0 Å². The fraction of sp³-hybridized carbons (Fsp3) is 0.571. The van der Waals surface area contributed by atoms with Crippen LogP contribution < -0.4 is 5.32 Å². The first-order valence-electron chi connectivity index (χ1n) is 10.5. The maximum atomic E-state index is 11.3. The molecule has 2 aliphatic rings. The molecular formula is C21H29N5O2. The molecular weight excluding hydrogens is 354 g/mol. The van der Waals surface area contributed by atoms with Gasteiger partial charge in [-0.15, -0.1) is 0 Å². The Hall–Kier alpha value is -2.41. The summed E-state index contributed by atoms with van der Waals surface area (Å²) in [5.74, 6) is 1.02. The molecule has 4 rings (SSSR count). The number of nitrogens with one attached hydrogen (secondary N) is 1. The lowest BCUT2D eigenvalue weighted by Gasteiger charge is -2.26. The molecule has 2 aliphatic heterocycles. The number of non-ortho nitro benzene ring substituents is 1. The summed E-state index contributed by atoms with van der Waals surface area (Å²) in [6, 6.07) is 5.01. The molecule has 1 saturated heterocycles. The van der Waals surface area contributed by atoms with Crippen LogP contribution in [0.1, 0.15) is 48.9 Å². The van der Waals surface area contributed by atoms with E-state index in [1.54, 1.807) is 12.1 Å². The summed E-state index contributed by atoms with van der Waals surface area (Å²) in [5, 5.41) is 19.8. The van der Waals surface area contributed by atoms with E-state index < -0.39 is 0 Å². The molecule has 7 heteroatoms. The van der Waals surface area contributed by atoms with Crippen molar-refractivity contribution >= 4 is 11.5 Å². The lowest BCUT2D eigenvalue weighted by molar-refractivity contribution is -0.384. The van der Waals surface area contributed by atoms with Gasteiger partial charge in [0.05, 0.1) is 16.3 Å². The second-order valence-corrected chi connectivity index (χ2v) is 7.95. The average molecular weight is 383 g/mol. The van der Waals surface area contributed by atoms with Gasteiger partial charge in [-0.05, 0) is 57.7 Å². The Labute approximate surface area is 165 Å². The molecule has 0 radical (unpaired) electrons. The predicted octanol–water partition coefficient (Wildman–Crippen LogP) is 3.87. The summed E-state index contributed by atoms with van der Waals surface area (Å²) in [6.45, 7) is 6.31. The van der Waals surface area contributed by atoms with Gasteiger partial charge in [0.1, 0.15) is 5.82 Å². The predicted molar refractivity (Wildman–Crippen MR) is 110 cm³/mol. The number of rotatable bonds is 5. The first-order chi connectivity index (χ1) is 13.6. The summed E-state index contributed by atoms with van der Waals surface area (Å²) in [4.78, 5) is 13.5. The van der Waals surface area contributed by atoms with Crippen molar-refractivity contribution in [1.82, 2.24) is 14.7 Å². The number of likely N-dealkylation sites (tertiary alicyclic amines) is 1. The number of benzene rings is 1. The first kappa shape index (κ1) is 18.9. The summed E-state index contributed by atoms with van der Waals surface area (Å²) in [7, 11) is 0.